The van der Waals surface area contributed by atoms with Crippen molar-refractivity contribution < 1.29 is 22.8 Å². The fourth-order valence-corrected chi connectivity index (χ4v) is 6.74. The van der Waals surface area contributed by atoms with E-state index in [1.807, 2.05) is 0 Å². The monoisotopic (exact) mass is 604 g/mol. The van der Waals surface area contributed by atoms with E-state index in [0.717, 1.165) is 11.1 Å². The Morgan fingerprint density at radius 1 is 1.05 bits per heavy atom. The minimum Gasteiger partial charge on any atom is -0.350 e. The van der Waals surface area contributed by atoms with Crippen molar-refractivity contribution in [1.82, 2.24) is 25.2 Å². The molecular weight excluding hydrogens is 568 g/mol. The molecule has 41 heavy (non-hydrogen) atoms. The summed E-state index contributed by atoms with van der Waals surface area (Å²) >= 11 is 6.12. The topological polar surface area (TPSA) is 154 Å². The summed E-state index contributed by atoms with van der Waals surface area (Å²) in [5.41, 5.74) is 7.99. The number of nitrogens with one attached hydrogen (secondary N) is 3. The molecule has 3 amide bonds. The van der Waals surface area contributed by atoms with Gasteiger partial charge in [0.1, 0.15) is 12.1 Å². The van der Waals surface area contributed by atoms with Gasteiger partial charge in [-0.1, -0.05) is 48.0 Å². The molecule has 2 aromatic carbocycles. The minimum atomic E-state index is -3.99. The third-order valence-electron chi connectivity index (χ3n) is 7.35. The van der Waals surface area contributed by atoms with Gasteiger partial charge in [0.05, 0.1) is 12.2 Å². The average molecular weight is 605 g/mol. The lowest BCUT2D eigenvalue weighted by atomic mass is 10.1. The highest BCUT2D eigenvalue weighted by Crippen LogP contribution is 2.21. The zero-order chi connectivity index (χ0) is 29.4. The molecule has 2 unspecified atom stereocenters. The predicted octanol–water partition coefficient (Wildman–Crippen LogP) is 0.716. The van der Waals surface area contributed by atoms with Crippen molar-refractivity contribution >= 4 is 39.3 Å². The minimum absolute atomic E-state index is 0.180. The number of hydrogen-bond acceptors (Lipinski definition) is 7. The van der Waals surface area contributed by atoms with Crippen LogP contribution in [0, 0.1) is 0 Å². The van der Waals surface area contributed by atoms with Gasteiger partial charge in [-0.2, -0.15) is 0 Å². The van der Waals surface area contributed by atoms with E-state index < -0.39 is 28.0 Å². The molecule has 0 bridgehead atoms. The molecule has 0 radical (unpaired) electrons. The number of benzene rings is 2. The molecule has 2 fully saturated rings. The molecule has 0 aromatic heterocycles. The first-order valence-corrected chi connectivity index (χ1v) is 15.8. The lowest BCUT2D eigenvalue weighted by molar-refractivity contribution is -0.142. The van der Waals surface area contributed by atoms with Gasteiger partial charge < -0.3 is 26.2 Å². The first-order valence-electron chi connectivity index (χ1n) is 13.7. The molecule has 0 aliphatic carbocycles. The molecule has 0 spiro atoms. The Morgan fingerprint density at radius 3 is 2.49 bits per heavy atom. The van der Waals surface area contributed by atoms with E-state index in [1.165, 1.54) is 4.90 Å². The summed E-state index contributed by atoms with van der Waals surface area (Å²) in [5, 5.41) is 6.56. The van der Waals surface area contributed by atoms with Crippen molar-refractivity contribution in [3.63, 3.8) is 0 Å². The first kappa shape index (κ1) is 30.9. The van der Waals surface area contributed by atoms with Gasteiger partial charge in [-0.3, -0.25) is 14.4 Å². The van der Waals surface area contributed by atoms with Crippen molar-refractivity contribution in [2.24, 2.45) is 5.73 Å². The van der Waals surface area contributed by atoms with Crippen LogP contribution in [0.2, 0.25) is 5.02 Å². The maximum absolute atomic E-state index is 13.8. The zero-order valence-electron chi connectivity index (χ0n) is 22.9. The summed E-state index contributed by atoms with van der Waals surface area (Å²) in [6.07, 6.45) is 0.663. The number of sulfonamides is 1. The molecular formula is C28H37ClN6O5S. The van der Waals surface area contributed by atoms with Crippen LogP contribution in [0.5, 0.6) is 0 Å². The lowest BCUT2D eigenvalue weighted by Gasteiger charge is -2.31. The molecule has 0 saturated carbocycles. The lowest BCUT2D eigenvalue weighted by Crippen LogP contribution is -2.55. The number of piperazine rings is 1. The van der Waals surface area contributed by atoms with E-state index >= 15 is 0 Å². The van der Waals surface area contributed by atoms with Crippen molar-refractivity contribution in [2.75, 3.05) is 32.7 Å². The largest absolute Gasteiger partial charge is 0.350 e. The van der Waals surface area contributed by atoms with Gasteiger partial charge in [-0.25, -0.2) is 13.1 Å². The molecule has 2 aliphatic rings. The Kier molecular flexibility index (Phi) is 10.7. The van der Waals surface area contributed by atoms with E-state index in [9.17, 15) is 22.8 Å². The zero-order valence-corrected chi connectivity index (χ0v) is 24.4. The van der Waals surface area contributed by atoms with E-state index in [0.29, 0.717) is 49.6 Å². The number of rotatable bonds is 11. The SMILES string of the molecule is NCc1ccc(Cl)cc1CNC(=O)C1CCCN1C(=O)C(CC(=O)N1CCNCC1)NS(=O)(=O)Cc1ccccc1. The Labute approximate surface area is 245 Å². The van der Waals surface area contributed by atoms with Gasteiger partial charge in [0, 0.05) is 50.8 Å². The number of likely N-dealkylation sites (tertiary alicyclic amines) is 1. The Morgan fingerprint density at radius 2 is 1.78 bits per heavy atom. The number of carbonyl (C=O) groups is 3. The highest BCUT2D eigenvalue weighted by Gasteiger charge is 2.39. The van der Waals surface area contributed by atoms with E-state index in [-0.39, 0.29) is 43.6 Å². The fraction of sp³-hybridized carbons (Fsp3) is 0.464. The predicted molar refractivity (Wildman–Crippen MR) is 156 cm³/mol. The Balaban J connectivity index is 1.49. The number of nitrogens with two attached hydrogens (primary N) is 1. The van der Waals surface area contributed by atoms with Crippen LogP contribution >= 0.6 is 11.6 Å². The molecule has 11 nitrogen and oxygen atoms in total. The third kappa shape index (κ3) is 8.49. The second kappa shape index (κ2) is 14.2. The number of hydrogen-bond donors (Lipinski definition) is 4. The Hall–Kier alpha value is -3.03. The summed E-state index contributed by atoms with van der Waals surface area (Å²) in [5.74, 6) is -1.61. The molecule has 5 N–H and O–H groups in total. The van der Waals surface area contributed by atoms with E-state index in [1.54, 1.807) is 53.4 Å². The van der Waals surface area contributed by atoms with Crippen LogP contribution in [-0.4, -0.2) is 80.7 Å². The molecule has 2 atom stereocenters. The summed E-state index contributed by atoms with van der Waals surface area (Å²) < 4.78 is 28.8. The first-order chi connectivity index (χ1) is 19.7. The van der Waals surface area contributed by atoms with Crippen LogP contribution in [0.3, 0.4) is 0 Å². The molecule has 222 valence electrons. The maximum Gasteiger partial charge on any atom is 0.243 e. The molecule has 2 saturated heterocycles. The molecule has 13 heteroatoms. The van der Waals surface area contributed by atoms with Gasteiger partial charge in [0.2, 0.25) is 27.7 Å². The molecule has 2 heterocycles. The van der Waals surface area contributed by atoms with Crippen molar-refractivity contribution in [1.29, 1.82) is 0 Å². The third-order valence-corrected chi connectivity index (χ3v) is 8.94. The summed E-state index contributed by atoms with van der Waals surface area (Å²) in [6.45, 7) is 2.93. The van der Waals surface area contributed by atoms with Crippen molar-refractivity contribution in [3.05, 3.63) is 70.2 Å². The fourth-order valence-electron chi connectivity index (χ4n) is 5.21. The van der Waals surface area contributed by atoms with Crippen LogP contribution in [0.1, 0.15) is 36.0 Å². The Bertz CT molecular complexity index is 1340. The van der Waals surface area contributed by atoms with Crippen LogP contribution in [-0.2, 0) is 43.2 Å². The van der Waals surface area contributed by atoms with Gasteiger partial charge in [-0.15, -0.1) is 0 Å². The van der Waals surface area contributed by atoms with Crippen LogP contribution in [0.4, 0.5) is 0 Å². The van der Waals surface area contributed by atoms with E-state index in [2.05, 4.69) is 15.4 Å². The normalized spacial score (nSPS) is 18.2. The van der Waals surface area contributed by atoms with Gasteiger partial charge >= 0.3 is 0 Å². The molecule has 2 aliphatic heterocycles. The van der Waals surface area contributed by atoms with Crippen LogP contribution < -0.4 is 21.1 Å². The summed E-state index contributed by atoms with van der Waals surface area (Å²) in [7, 11) is -3.99. The molecule has 4 rings (SSSR count). The summed E-state index contributed by atoms with van der Waals surface area (Å²) in [6, 6.07) is 11.7. The number of halogens is 1. The quantitative estimate of drug-likeness (QED) is 0.295. The number of nitrogens with zero attached hydrogens (tertiary/aromatic N) is 2. The standard InChI is InChI=1S/C28H37ClN6O5S/c29-23-9-8-21(17-30)22(15-23)18-32-27(37)25-7-4-12-35(25)28(38)24(16-26(36)34-13-10-31-11-14-34)33-41(39,40)19-20-5-2-1-3-6-20/h1-3,5-6,8-9,15,24-25,31,33H,4,7,10-14,16-19,30H2,(H,32,37). The average Bonchev–Trinajstić information content (AvgIpc) is 3.46. The van der Waals surface area contributed by atoms with Crippen LogP contribution in [0.25, 0.3) is 0 Å². The van der Waals surface area contributed by atoms with Gasteiger partial charge in [0.25, 0.3) is 0 Å². The van der Waals surface area contributed by atoms with Crippen LogP contribution in [0.15, 0.2) is 48.5 Å². The second-order valence-electron chi connectivity index (χ2n) is 10.3. The van der Waals surface area contributed by atoms with Gasteiger partial charge in [-0.05, 0) is 41.7 Å². The smallest absolute Gasteiger partial charge is 0.243 e. The van der Waals surface area contributed by atoms with Crippen molar-refractivity contribution in [3.8, 4) is 0 Å². The highest BCUT2D eigenvalue weighted by molar-refractivity contribution is 7.88. The summed E-state index contributed by atoms with van der Waals surface area (Å²) in [4.78, 5) is 43.2. The van der Waals surface area contributed by atoms with E-state index in [4.69, 9.17) is 17.3 Å². The van der Waals surface area contributed by atoms with Crippen molar-refractivity contribution in [2.45, 2.75) is 50.2 Å². The van der Waals surface area contributed by atoms with Gasteiger partial charge in [0.15, 0.2) is 0 Å². The highest BCUT2D eigenvalue weighted by atomic mass is 35.5. The second-order valence-corrected chi connectivity index (χ2v) is 12.5. The number of carbonyl (C=O) groups excluding carboxylic acids is 3. The molecule has 2 aromatic rings. The number of amides is 3. The maximum atomic E-state index is 13.8.